The lowest BCUT2D eigenvalue weighted by molar-refractivity contribution is -0.294. The van der Waals surface area contributed by atoms with E-state index in [-0.39, 0.29) is 0 Å². The van der Waals surface area contributed by atoms with Gasteiger partial charge in [0, 0.05) is 0 Å². The van der Waals surface area contributed by atoms with E-state index in [4.69, 9.17) is 5.73 Å². The molecule has 0 aromatic heterocycles. The van der Waals surface area contributed by atoms with Crippen molar-refractivity contribution in [1.82, 2.24) is 0 Å². The van der Waals surface area contributed by atoms with E-state index < -0.39 is 24.1 Å². The topological polar surface area (TPSA) is 26.0 Å². The second-order valence-corrected chi connectivity index (χ2v) is 4.04. The standard InChI is InChI=1S/C9H14F5N/c10-8(11,9(12,13)14)7(15)6-4-2-1-3-5-6/h6-7H,1-5,15H2. The predicted octanol–water partition coefficient (Wildman–Crippen LogP) is 3.09. The molecule has 0 aliphatic heterocycles. The van der Waals surface area contributed by atoms with Gasteiger partial charge in [0.1, 0.15) is 0 Å². The Morgan fingerprint density at radius 1 is 0.933 bits per heavy atom. The number of halogens is 5. The zero-order valence-corrected chi connectivity index (χ0v) is 8.16. The molecule has 2 N–H and O–H groups in total. The van der Waals surface area contributed by atoms with Gasteiger partial charge in [-0.15, -0.1) is 0 Å². The van der Waals surface area contributed by atoms with Crippen molar-refractivity contribution in [3.8, 4) is 0 Å². The highest BCUT2D eigenvalue weighted by molar-refractivity contribution is 4.92. The second-order valence-electron chi connectivity index (χ2n) is 4.04. The van der Waals surface area contributed by atoms with Crippen molar-refractivity contribution in [3.05, 3.63) is 0 Å². The number of rotatable bonds is 2. The lowest BCUT2D eigenvalue weighted by Crippen LogP contribution is -2.55. The molecule has 90 valence electrons. The smallest absolute Gasteiger partial charge is 0.322 e. The summed E-state index contributed by atoms with van der Waals surface area (Å²) in [5.41, 5.74) is 5.04. The van der Waals surface area contributed by atoms with E-state index in [1.807, 2.05) is 0 Å². The first kappa shape index (κ1) is 12.7. The highest BCUT2D eigenvalue weighted by atomic mass is 19.4. The van der Waals surface area contributed by atoms with Gasteiger partial charge in [-0.2, -0.15) is 22.0 Å². The molecule has 0 bridgehead atoms. The van der Waals surface area contributed by atoms with Crippen LogP contribution in [-0.2, 0) is 0 Å². The molecule has 1 aliphatic rings. The van der Waals surface area contributed by atoms with E-state index in [9.17, 15) is 22.0 Å². The number of alkyl halides is 5. The fourth-order valence-corrected chi connectivity index (χ4v) is 1.98. The van der Waals surface area contributed by atoms with Gasteiger partial charge in [-0.25, -0.2) is 0 Å². The van der Waals surface area contributed by atoms with Crippen LogP contribution in [0.4, 0.5) is 22.0 Å². The summed E-state index contributed by atoms with van der Waals surface area (Å²) in [6.45, 7) is 0. The Bertz CT molecular complexity index is 207. The molecule has 1 rings (SSSR count). The quantitative estimate of drug-likeness (QED) is 0.726. The van der Waals surface area contributed by atoms with E-state index in [0.29, 0.717) is 25.7 Å². The molecule has 0 aromatic rings. The van der Waals surface area contributed by atoms with Gasteiger partial charge < -0.3 is 5.73 Å². The zero-order chi connectivity index (χ0) is 11.7. The van der Waals surface area contributed by atoms with E-state index in [2.05, 4.69) is 0 Å². The summed E-state index contributed by atoms with van der Waals surface area (Å²) in [5.74, 6) is -5.48. The van der Waals surface area contributed by atoms with Crippen LogP contribution in [-0.4, -0.2) is 18.1 Å². The average molecular weight is 231 g/mol. The first-order valence-electron chi connectivity index (χ1n) is 4.97. The molecule has 0 radical (unpaired) electrons. The molecule has 1 saturated carbocycles. The van der Waals surface area contributed by atoms with Gasteiger partial charge in [0.15, 0.2) is 0 Å². The van der Waals surface area contributed by atoms with E-state index >= 15 is 0 Å². The molecule has 0 spiro atoms. The van der Waals surface area contributed by atoms with Crippen LogP contribution in [0.15, 0.2) is 0 Å². The molecule has 1 fully saturated rings. The maximum absolute atomic E-state index is 12.9. The Hall–Kier alpha value is -0.390. The normalized spacial score (nSPS) is 22.8. The van der Waals surface area contributed by atoms with Gasteiger partial charge in [0.2, 0.25) is 0 Å². The summed E-state index contributed by atoms with van der Waals surface area (Å²) in [5, 5.41) is 0. The van der Waals surface area contributed by atoms with Crippen molar-refractivity contribution in [2.24, 2.45) is 11.7 Å². The molecular weight excluding hydrogens is 217 g/mol. The molecule has 15 heavy (non-hydrogen) atoms. The Kier molecular flexibility index (Phi) is 3.58. The van der Waals surface area contributed by atoms with Crippen molar-refractivity contribution in [2.75, 3.05) is 0 Å². The van der Waals surface area contributed by atoms with Gasteiger partial charge in [0.05, 0.1) is 6.04 Å². The zero-order valence-electron chi connectivity index (χ0n) is 8.16. The summed E-state index contributed by atoms with van der Waals surface area (Å²) in [6, 6.07) is -2.10. The van der Waals surface area contributed by atoms with Crippen LogP contribution in [0.1, 0.15) is 32.1 Å². The minimum atomic E-state index is -5.54. The van der Waals surface area contributed by atoms with Crippen LogP contribution in [0, 0.1) is 5.92 Å². The second kappa shape index (κ2) is 4.23. The first-order chi connectivity index (χ1) is 6.77. The maximum Gasteiger partial charge on any atom is 0.454 e. The van der Waals surface area contributed by atoms with Gasteiger partial charge in [-0.3, -0.25) is 0 Å². The molecule has 6 heteroatoms. The summed E-state index contributed by atoms with van der Waals surface area (Å²) in [7, 11) is 0. The van der Waals surface area contributed by atoms with Crippen LogP contribution in [0.25, 0.3) is 0 Å². The van der Waals surface area contributed by atoms with Gasteiger partial charge in [-0.1, -0.05) is 19.3 Å². The van der Waals surface area contributed by atoms with Crippen LogP contribution in [0.5, 0.6) is 0 Å². The molecule has 1 aliphatic carbocycles. The molecule has 1 nitrogen and oxygen atoms in total. The minimum Gasteiger partial charge on any atom is -0.322 e. The Morgan fingerprint density at radius 2 is 1.40 bits per heavy atom. The average Bonchev–Trinajstić information content (AvgIpc) is 2.16. The Balaban J connectivity index is 2.69. The summed E-state index contributed by atoms with van der Waals surface area (Å²) >= 11 is 0. The molecule has 1 unspecified atom stereocenters. The summed E-state index contributed by atoms with van der Waals surface area (Å²) in [4.78, 5) is 0. The fraction of sp³-hybridized carbons (Fsp3) is 1.00. The Labute approximate surface area is 84.8 Å². The monoisotopic (exact) mass is 231 g/mol. The van der Waals surface area contributed by atoms with Crippen molar-refractivity contribution in [1.29, 1.82) is 0 Å². The molecule has 0 amide bonds. The van der Waals surface area contributed by atoms with E-state index in [0.717, 1.165) is 6.42 Å². The number of nitrogens with two attached hydrogens (primary N) is 1. The SMILES string of the molecule is NC(C1CCCCC1)C(F)(F)C(F)(F)F. The lowest BCUT2D eigenvalue weighted by atomic mass is 9.81. The Morgan fingerprint density at radius 3 is 1.80 bits per heavy atom. The van der Waals surface area contributed by atoms with Crippen LogP contribution >= 0.6 is 0 Å². The highest BCUT2D eigenvalue weighted by Gasteiger charge is 2.62. The molecule has 0 aromatic carbocycles. The minimum absolute atomic E-state index is 0.368. The molecule has 0 heterocycles. The van der Waals surface area contributed by atoms with Gasteiger partial charge >= 0.3 is 12.1 Å². The third kappa shape index (κ3) is 2.59. The molecular formula is C9H14F5N. The predicted molar refractivity (Wildman–Crippen MR) is 45.6 cm³/mol. The van der Waals surface area contributed by atoms with Crippen molar-refractivity contribution >= 4 is 0 Å². The lowest BCUT2D eigenvalue weighted by Gasteiger charge is -2.33. The van der Waals surface area contributed by atoms with Crippen molar-refractivity contribution in [3.63, 3.8) is 0 Å². The van der Waals surface area contributed by atoms with Crippen molar-refractivity contribution in [2.45, 2.75) is 50.2 Å². The maximum atomic E-state index is 12.9. The number of hydrogen-bond donors (Lipinski definition) is 1. The largest absolute Gasteiger partial charge is 0.454 e. The summed E-state index contributed by atoms with van der Waals surface area (Å²) in [6.07, 6.45) is -2.54. The van der Waals surface area contributed by atoms with Crippen LogP contribution in [0.3, 0.4) is 0 Å². The highest BCUT2D eigenvalue weighted by Crippen LogP contribution is 2.42. The first-order valence-corrected chi connectivity index (χ1v) is 4.97. The fourth-order valence-electron chi connectivity index (χ4n) is 1.98. The van der Waals surface area contributed by atoms with Gasteiger partial charge in [0.25, 0.3) is 0 Å². The molecule has 0 saturated heterocycles. The van der Waals surface area contributed by atoms with Crippen LogP contribution in [0.2, 0.25) is 0 Å². The van der Waals surface area contributed by atoms with E-state index in [1.54, 1.807) is 0 Å². The number of hydrogen-bond acceptors (Lipinski definition) is 1. The van der Waals surface area contributed by atoms with Crippen molar-refractivity contribution < 1.29 is 22.0 Å². The van der Waals surface area contributed by atoms with Crippen LogP contribution < -0.4 is 5.73 Å². The molecule has 1 atom stereocenters. The summed E-state index contributed by atoms with van der Waals surface area (Å²) < 4.78 is 61.7. The third-order valence-electron chi connectivity index (χ3n) is 2.95. The van der Waals surface area contributed by atoms with E-state index in [1.165, 1.54) is 0 Å². The third-order valence-corrected chi connectivity index (χ3v) is 2.95. The van der Waals surface area contributed by atoms with Gasteiger partial charge in [-0.05, 0) is 18.8 Å².